The standard InChI is InChI=1S/C12H24N2O2/c1-12(2,3)16-11(15)10(13-4)9-5-7-14-8-6-9/h9-10,13-14H,5-8H2,1-4H3. The van der Waals surface area contributed by atoms with Crippen molar-refractivity contribution in [3.05, 3.63) is 0 Å². The Labute approximate surface area is 98.1 Å². The highest BCUT2D eigenvalue weighted by Gasteiger charge is 2.31. The van der Waals surface area contributed by atoms with Crippen molar-refractivity contribution in [1.82, 2.24) is 10.6 Å². The third kappa shape index (κ3) is 4.10. The molecule has 1 aliphatic heterocycles. The van der Waals surface area contributed by atoms with Gasteiger partial charge in [0.25, 0.3) is 0 Å². The number of hydrogen-bond donors (Lipinski definition) is 2. The fourth-order valence-electron chi connectivity index (χ4n) is 2.09. The summed E-state index contributed by atoms with van der Waals surface area (Å²) in [6.07, 6.45) is 2.06. The number of esters is 1. The largest absolute Gasteiger partial charge is 0.459 e. The monoisotopic (exact) mass is 228 g/mol. The van der Waals surface area contributed by atoms with Crippen LogP contribution in [0.4, 0.5) is 0 Å². The Morgan fingerprint density at radius 3 is 2.38 bits per heavy atom. The van der Waals surface area contributed by atoms with Crippen molar-refractivity contribution in [2.45, 2.75) is 45.3 Å². The summed E-state index contributed by atoms with van der Waals surface area (Å²) in [4.78, 5) is 12.0. The Morgan fingerprint density at radius 1 is 1.38 bits per heavy atom. The van der Waals surface area contributed by atoms with E-state index in [-0.39, 0.29) is 12.0 Å². The number of hydrogen-bond acceptors (Lipinski definition) is 4. The van der Waals surface area contributed by atoms with Gasteiger partial charge in [0.05, 0.1) is 0 Å². The zero-order valence-corrected chi connectivity index (χ0v) is 10.8. The molecule has 16 heavy (non-hydrogen) atoms. The highest BCUT2D eigenvalue weighted by Crippen LogP contribution is 2.19. The molecule has 1 atom stereocenters. The normalized spacial score (nSPS) is 20.5. The van der Waals surface area contributed by atoms with Gasteiger partial charge in [0.15, 0.2) is 0 Å². The van der Waals surface area contributed by atoms with Gasteiger partial charge in [-0.15, -0.1) is 0 Å². The summed E-state index contributed by atoms with van der Waals surface area (Å²) in [7, 11) is 1.83. The van der Waals surface area contributed by atoms with Crippen molar-refractivity contribution in [3.63, 3.8) is 0 Å². The van der Waals surface area contributed by atoms with Gasteiger partial charge in [-0.3, -0.25) is 4.79 Å². The Bertz CT molecular complexity index is 230. The SMILES string of the molecule is CNC(C(=O)OC(C)(C)C)C1CCNCC1. The molecule has 1 aliphatic rings. The van der Waals surface area contributed by atoms with Crippen molar-refractivity contribution in [2.75, 3.05) is 20.1 Å². The minimum atomic E-state index is -0.404. The number of likely N-dealkylation sites (N-methyl/N-ethyl adjacent to an activating group) is 1. The molecule has 1 heterocycles. The topological polar surface area (TPSA) is 50.4 Å². The van der Waals surface area contributed by atoms with Gasteiger partial charge in [0.2, 0.25) is 0 Å². The van der Waals surface area contributed by atoms with E-state index in [4.69, 9.17) is 4.74 Å². The van der Waals surface area contributed by atoms with Crippen molar-refractivity contribution in [2.24, 2.45) is 5.92 Å². The molecule has 0 spiro atoms. The smallest absolute Gasteiger partial charge is 0.323 e. The summed E-state index contributed by atoms with van der Waals surface area (Å²) in [5.74, 6) is 0.267. The average molecular weight is 228 g/mol. The molecule has 1 unspecified atom stereocenters. The Morgan fingerprint density at radius 2 is 1.94 bits per heavy atom. The first-order chi connectivity index (χ1) is 7.44. The van der Waals surface area contributed by atoms with Crippen LogP contribution in [0.1, 0.15) is 33.6 Å². The fourth-order valence-corrected chi connectivity index (χ4v) is 2.09. The zero-order valence-electron chi connectivity index (χ0n) is 10.8. The van der Waals surface area contributed by atoms with Gasteiger partial charge in [-0.05, 0) is 59.7 Å². The summed E-state index contributed by atoms with van der Waals surface area (Å²) in [6, 6.07) is -0.165. The number of nitrogens with one attached hydrogen (secondary N) is 2. The lowest BCUT2D eigenvalue weighted by Gasteiger charge is -2.31. The maximum atomic E-state index is 12.0. The first-order valence-electron chi connectivity index (χ1n) is 6.05. The lowest BCUT2D eigenvalue weighted by atomic mass is 9.90. The Kier molecular flexibility index (Phi) is 4.74. The molecule has 1 rings (SSSR count). The van der Waals surface area contributed by atoms with E-state index < -0.39 is 5.60 Å². The van der Waals surface area contributed by atoms with E-state index in [2.05, 4.69) is 10.6 Å². The molecule has 4 heteroatoms. The van der Waals surface area contributed by atoms with E-state index in [1.807, 2.05) is 27.8 Å². The predicted octanol–water partition coefficient (Wildman–Crippen LogP) is 0.916. The molecule has 0 aromatic heterocycles. The third-order valence-corrected chi connectivity index (χ3v) is 2.83. The van der Waals surface area contributed by atoms with E-state index in [1.54, 1.807) is 0 Å². The van der Waals surface area contributed by atoms with Gasteiger partial charge < -0.3 is 15.4 Å². The van der Waals surface area contributed by atoms with Crippen LogP contribution in [0.5, 0.6) is 0 Å². The van der Waals surface area contributed by atoms with Gasteiger partial charge in [-0.25, -0.2) is 0 Å². The summed E-state index contributed by atoms with van der Waals surface area (Å²) in [6.45, 7) is 7.69. The number of carbonyl (C=O) groups is 1. The predicted molar refractivity (Wildman–Crippen MR) is 64.3 cm³/mol. The van der Waals surface area contributed by atoms with Gasteiger partial charge in [0, 0.05) is 0 Å². The molecular formula is C12H24N2O2. The van der Waals surface area contributed by atoms with E-state index in [9.17, 15) is 4.79 Å². The second-order valence-electron chi connectivity index (χ2n) is 5.39. The molecule has 1 saturated heterocycles. The van der Waals surface area contributed by atoms with Crippen LogP contribution in [0.3, 0.4) is 0 Å². The van der Waals surface area contributed by atoms with Gasteiger partial charge in [0.1, 0.15) is 11.6 Å². The highest BCUT2D eigenvalue weighted by atomic mass is 16.6. The lowest BCUT2D eigenvalue weighted by Crippen LogP contribution is -2.47. The molecule has 0 saturated carbocycles. The zero-order chi connectivity index (χ0) is 12.2. The molecule has 0 radical (unpaired) electrons. The number of piperidine rings is 1. The summed E-state index contributed by atoms with van der Waals surface area (Å²) in [5, 5.41) is 6.39. The van der Waals surface area contributed by atoms with Crippen LogP contribution >= 0.6 is 0 Å². The van der Waals surface area contributed by atoms with Crippen molar-refractivity contribution in [1.29, 1.82) is 0 Å². The molecule has 1 fully saturated rings. The Balaban J connectivity index is 2.55. The quantitative estimate of drug-likeness (QED) is 0.705. The average Bonchev–Trinajstić information content (AvgIpc) is 2.17. The third-order valence-electron chi connectivity index (χ3n) is 2.83. The van der Waals surface area contributed by atoms with Crippen molar-refractivity contribution < 1.29 is 9.53 Å². The van der Waals surface area contributed by atoms with E-state index >= 15 is 0 Å². The van der Waals surface area contributed by atoms with Gasteiger partial charge in [-0.1, -0.05) is 0 Å². The maximum Gasteiger partial charge on any atom is 0.323 e. The molecule has 0 aliphatic carbocycles. The minimum Gasteiger partial charge on any atom is -0.459 e. The van der Waals surface area contributed by atoms with Crippen LogP contribution < -0.4 is 10.6 Å². The first kappa shape index (κ1) is 13.5. The van der Waals surface area contributed by atoms with E-state index in [1.165, 1.54) is 0 Å². The first-order valence-corrected chi connectivity index (χ1v) is 6.05. The Hall–Kier alpha value is -0.610. The van der Waals surface area contributed by atoms with E-state index in [0.717, 1.165) is 25.9 Å². The lowest BCUT2D eigenvalue weighted by molar-refractivity contribution is -0.159. The van der Waals surface area contributed by atoms with Gasteiger partial charge >= 0.3 is 5.97 Å². The van der Waals surface area contributed by atoms with Gasteiger partial charge in [-0.2, -0.15) is 0 Å². The van der Waals surface area contributed by atoms with Crippen LogP contribution in [-0.4, -0.2) is 37.7 Å². The summed E-state index contributed by atoms with van der Waals surface area (Å²) < 4.78 is 5.42. The number of carbonyl (C=O) groups excluding carboxylic acids is 1. The molecular weight excluding hydrogens is 204 g/mol. The number of rotatable bonds is 3. The van der Waals surface area contributed by atoms with Crippen LogP contribution in [0, 0.1) is 5.92 Å². The molecule has 0 amide bonds. The van der Waals surface area contributed by atoms with Crippen LogP contribution in [0.25, 0.3) is 0 Å². The van der Waals surface area contributed by atoms with Crippen LogP contribution in [0.2, 0.25) is 0 Å². The summed E-state index contributed by atoms with van der Waals surface area (Å²) >= 11 is 0. The van der Waals surface area contributed by atoms with Crippen molar-refractivity contribution >= 4 is 5.97 Å². The highest BCUT2D eigenvalue weighted by molar-refractivity contribution is 5.76. The molecule has 0 aromatic carbocycles. The second kappa shape index (κ2) is 5.64. The van der Waals surface area contributed by atoms with Crippen LogP contribution in [-0.2, 0) is 9.53 Å². The molecule has 0 bridgehead atoms. The van der Waals surface area contributed by atoms with E-state index in [0.29, 0.717) is 5.92 Å². The molecule has 2 N–H and O–H groups in total. The molecule has 4 nitrogen and oxygen atoms in total. The minimum absolute atomic E-state index is 0.123. The van der Waals surface area contributed by atoms with Crippen molar-refractivity contribution in [3.8, 4) is 0 Å². The molecule has 0 aromatic rings. The maximum absolute atomic E-state index is 12.0. The fraction of sp³-hybridized carbons (Fsp3) is 0.917. The molecule has 94 valence electrons. The second-order valence-corrected chi connectivity index (χ2v) is 5.39. The number of ether oxygens (including phenoxy) is 1. The van der Waals surface area contributed by atoms with Crippen LogP contribution in [0.15, 0.2) is 0 Å². The summed E-state index contributed by atoms with van der Waals surface area (Å²) in [5.41, 5.74) is -0.404.